The number of benzene rings is 2. The van der Waals surface area contributed by atoms with Crippen molar-refractivity contribution in [3.63, 3.8) is 0 Å². The van der Waals surface area contributed by atoms with Gasteiger partial charge in [-0.15, -0.1) is 0 Å². The zero-order valence-corrected chi connectivity index (χ0v) is 24.2. The highest BCUT2D eigenvalue weighted by Gasteiger charge is 2.32. The normalized spacial score (nSPS) is 15.2. The largest absolute Gasteiger partial charge is 0.352 e. The summed E-state index contributed by atoms with van der Waals surface area (Å²) < 4.78 is 26.5. The van der Waals surface area contributed by atoms with Crippen LogP contribution < -0.4 is 9.62 Å². The van der Waals surface area contributed by atoms with Gasteiger partial charge in [0.25, 0.3) is 0 Å². The Morgan fingerprint density at radius 1 is 1.05 bits per heavy atom. The molecule has 1 aliphatic rings. The SMILES string of the molecule is Cc1c(Cl)cccc1N(CC(=O)N(Cc1ccc(Cl)cc1Cl)C(C)C(=O)NC1CCCCC1)S(C)(=O)=O. The molecule has 37 heavy (non-hydrogen) atoms. The van der Waals surface area contributed by atoms with E-state index in [0.29, 0.717) is 31.9 Å². The standard InChI is InChI=1S/C26H32Cl3N3O4S/c1-17-22(28)10-7-11-24(17)32(37(3,35)36)16-25(33)31(15-19-12-13-20(27)14-23(19)29)18(2)26(34)30-21-8-5-4-6-9-21/h7,10-14,18,21H,4-6,8-9,15-16H2,1-3H3,(H,30,34). The smallest absolute Gasteiger partial charge is 0.244 e. The van der Waals surface area contributed by atoms with Crippen molar-refractivity contribution in [3.05, 3.63) is 62.6 Å². The first-order valence-corrected chi connectivity index (χ1v) is 15.1. The van der Waals surface area contributed by atoms with Gasteiger partial charge in [-0.05, 0) is 62.1 Å². The van der Waals surface area contributed by atoms with Gasteiger partial charge in [0, 0.05) is 27.7 Å². The molecule has 7 nitrogen and oxygen atoms in total. The van der Waals surface area contributed by atoms with Crippen LogP contribution in [0.4, 0.5) is 5.69 Å². The monoisotopic (exact) mass is 587 g/mol. The molecule has 1 saturated carbocycles. The maximum atomic E-state index is 13.7. The van der Waals surface area contributed by atoms with Crippen LogP contribution in [0.3, 0.4) is 0 Å². The molecule has 1 aliphatic carbocycles. The number of hydrogen-bond acceptors (Lipinski definition) is 4. The van der Waals surface area contributed by atoms with Gasteiger partial charge < -0.3 is 10.2 Å². The van der Waals surface area contributed by atoms with Gasteiger partial charge in [-0.3, -0.25) is 13.9 Å². The Balaban J connectivity index is 1.93. The number of nitrogens with one attached hydrogen (secondary N) is 1. The summed E-state index contributed by atoms with van der Waals surface area (Å²) in [6, 6.07) is 8.95. The maximum absolute atomic E-state index is 13.7. The molecule has 1 atom stereocenters. The lowest BCUT2D eigenvalue weighted by molar-refractivity contribution is -0.139. The molecule has 0 aliphatic heterocycles. The summed E-state index contributed by atoms with van der Waals surface area (Å²) in [6.07, 6.45) is 6.05. The fourth-order valence-electron chi connectivity index (χ4n) is 4.45. The Morgan fingerprint density at radius 2 is 1.73 bits per heavy atom. The van der Waals surface area contributed by atoms with E-state index in [-0.39, 0.29) is 18.5 Å². The van der Waals surface area contributed by atoms with Crippen LogP contribution in [-0.4, -0.2) is 50.0 Å². The summed E-state index contributed by atoms with van der Waals surface area (Å²) in [7, 11) is -3.86. The van der Waals surface area contributed by atoms with E-state index >= 15 is 0 Å². The maximum Gasteiger partial charge on any atom is 0.244 e. The highest BCUT2D eigenvalue weighted by molar-refractivity contribution is 7.92. The minimum Gasteiger partial charge on any atom is -0.352 e. The molecule has 11 heteroatoms. The fraction of sp³-hybridized carbons (Fsp3) is 0.462. The van der Waals surface area contributed by atoms with Crippen LogP contribution in [0, 0.1) is 6.92 Å². The van der Waals surface area contributed by atoms with Gasteiger partial charge in [-0.1, -0.05) is 66.2 Å². The van der Waals surface area contributed by atoms with Gasteiger partial charge in [0.1, 0.15) is 12.6 Å². The highest BCUT2D eigenvalue weighted by atomic mass is 35.5. The van der Waals surface area contributed by atoms with Gasteiger partial charge in [-0.25, -0.2) is 8.42 Å². The average Bonchev–Trinajstić information content (AvgIpc) is 2.83. The Morgan fingerprint density at radius 3 is 2.35 bits per heavy atom. The molecule has 2 aromatic rings. The molecule has 3 rings (SSSR count). The van der Waals surface area contributed by atoms with E-state index in [9.17, 15) is 18.0 Å². The second-order valence-electron chi connectivity index (χ2n) is 9.43. The van der Waals surface area contributed by atoms with E-state index in [1.165, 1.54) is 4.90 Å². The Bertz CT molecular complexity index is 1250. The number of hydrogen-bond donors (Lipinski definition) is 1. The van der Waals surface area contributed by atoms with Crippen molar-refractivity contribution in [3.8, 4) is 0 Å². The molecule has 0 aromatic heterocycles. The van der Waals surface area contributed by atoms with Crippen molar-refractivity contribution in [2.45, 2.75) is 64.6 Å². The van der Waals surface area contributed by atoms with E-state index in [0.717, 1.165) is 42.7 Å². The summed E-state index contributed by atoms with van der Waals surface area (Å²) in [5.41, 5.74) is 1.41. The minimum absolute atomic E-state index is 0.000217. The number of rotatable bonds is 9. The summed E-state index contributed by atoms with van der Waals surface area (Å²) in [5.74, 6) is -0.850. The number of carbonyl (C=O) groups excluding carboxylic acids is 2. The predicted molar refractivity (Wildman–Crippen MR) is 150 cm³/mol. The van der Waals surface area contributed by atoms with Crippen LogP contribution >= 0.6 is 34.8 Å². The fourth-order valence-corrected chi connectivity index (χ4v) is 5.98. The zero-order chi connectivity index (χ0) is 27.3. The third-order valence-corrected chi connectivity index (χ3v) is 8.78. The van der Waals surface area contributed by atoms with Gasteiger partial charge in [0.05, 0.1) is 11.9 Å². The van der Waals surface area contributed by atoms with Crippen molar-refractivity contribution in [1.29, 1.82) is 0 Å². The molecule has 1 fully saturated rings. The molecule has 0 radical (unpaired) electrons. The Labute approximate surface area is 234 Å². The summed E-state index contributed by atoms with van der Waals surface area (Å²) in [5, 5.41) is 4.22. The van der Waals surface area contributed by atoms with E-state index < -0.39 is 28.5 Å². The molecular weight excluding hydrogens is 557 g/mol. The van der Waals surface area contributed by atoms with Crippen LogP contribution in [0.25, 0.3) is 0 Å². The molecule has 0 heterocycles. The number of halogens is 3. The number of sulfonamides is 1. The molecule has 1 N–H and O–H groups in total. The summed E-state index contributed by atoms with van der Waals surface area (Å²) in [6.45, 7) is 2.81. The molecule has 0 spiro atoms. The first-order valence-electron chi connectivity index (χ1n) is 12.1. The first-order chi connectivity index (χ1) is 17.4. The molecule has 2 aromatic carbocycles. The van der Waals surface area contributed by atoms with Crippen molar-refractivity contribution >= 4 is 62.3 Å². The van der Waals surface area contributed by atoms with Crippen LogP contribution in [0.2, 0.25) is 15.1 Å². The summed E-state index contributed by atoms with van der Waals surface area (Å²) >= 11 is 18.7. The van der Waals surface area contributed by atoms with Gasteiger partial charge >= 0.3 is 0 Å². The van der Waals surface area contributed by atoms with E-state index in [4.69, 9.17) is 34.8 Å². The van der Waals surface area contributed by atoms with E-state index in [1.807, 2.05) is 0 Å². The number of amides is 2. The van der Waals surface area contributed by atoms with Crippen molar-refractivity contribution in [2.24, 2.45) is 0 Å². The van der Waals surface area contributed by atoms with E-state index in [2.05, 4.69) is 5.32 Å². The van der Waals surface area contributed by atoms with Gasteiger partial charge in [-0.2, -0.15) is 0 Å². The van der Waals surface area contributed by atoms with Crippen molar-refractivity contribution in [1.82, 2.24) is 10.2 Å². The average molecular weight is 589 g/mol. The molecule has 2 amide bonds. The lowest BCUT2D eigenvalue weighted by Crippen LogP contribution is -2.53. The molecular formula is C26H32Cl3N3O4S. The van der Waals surface area contributed by atoms with Crippen LogP contribution in [0.1, 0.15) is 50.2 Å². The minimum atomic E-state index is -3.86. The second-order valence-corrected chi connectivity index (χ2v) is 12.6. The van der Waals surface area contributed by atoms with Crippen molar-refractivity contribution in [2.75, 3.05) is 17.1 Å². The highest BCUT2D eigenvalue weighted by Crippen LogP contribution is 2.29. The Kier molecular flexibility index (Phi) is 10.1. The lowest BCUT2D eigenvalue weighted by atomic mass is 9.95. The van der Waals surface area contributed by atoms with Crippen LogP contribution in [-0.2, 0) is 26.2 Å². The van der Waals surface area contributed by atoms with Crippen LogP contribution in [0.5, 0.6) is 0 Å². The lowest BCUT2D eigenvalue weighted by Gasteiger charge is -2.33. The van der Waals surface area contributed by atoms with Gasteiger partial charge in [0.15, 0.2) is 0 Å². The molecule has 0 bridgehead atoms. The number of anilines is 1. The third-order valence-electron chi connectivity index (χ3n) is 6.66. The first kappa shape index (κ1) is 29.6. The summed E-state index contributed by atoms with van der Waals surface area (Å²) in [4.78, 5) is 28.3. The predicted octanol–water partition coefficient (Wildman–Crippen LogP) is 5.59. The third kappa shape index (κ3) is 7.76. The molecule has 1 unspecified atom stereocenters. The van der Waals surface area contributed by atoms with Crippen LogP contribution in [0.15, 0.2) is 36.4 Å². The zero-order valence-electron chi connectivity index (χ0n) is 21.1. The number of nitrogens with zero attached hydrogens (tertiary/aromatic N) is 2. The molecule has 202 valence electrons. The van der Waals surface area contributed by atoms with Gasteiger partial charge in [0.2, 0.25) is 21.8 Å². The molecule has 0 saturated heterocycles. The topological polar surface area (TPSA) is 86.8 Å². The quantitative estimate of drug-likeness (QED) is 0.414. The number of carbonyl (C=O) groups is 2. The Hall–Kier alpha value is -2.00. The van der Waals surface area contributed by atoms with E-state index in [1.54, 1.807) is 50.2 Å². The second kappa shape index (κ2) is 12.7. The van der Waals surface area contributed by atoms with Crippen molar-refractivity contribution < 1.29 is 18.0 Å².